The minimum atomic E-state index is -1.22. The van der Waals surface area contributed by atoms with Gasteiger partial charge < -0.3 is 40.2 Å². The van der Waals surface area contributed by atoms with Crippen molar-refractivity contribution in [2.75, 3.05) is 34.3 Å². The lowest BCUT2D eigenvalue weighted by molar-refractivity contribution is -0.137. The number of alkyl carbamates (subject to hydrolysis) is 1. The molecule has 6 aromatic rings. The minimum Gasteiger partial charge on any atom is -0.465 e. The number of nitrogens with zero attached hydrogens (tertiary/aromatic N) is 5. The average molecular weight is 864 g/mol. The molecule has 0 radical (unpaired) electrons. The van der Waals surface area contributed by atoms with Gasteiger partial charge in [0.25, 0.3) is 17.7 Å². The number of nitrogens with one attached hydrogen (secondary N) is 4. The number of carboxylic acid groups (broad SMARTS) is 1. The van der Waals surface area contributed by atoms with Crippen LogP contribution in [-0.4, -0.2) is 104 Å². The van der Waals surface area contributed by atoms with Crippen LogP contribution in [0.4, 0.5) is 9.59 Å². The van der Waals surface area contributed by atoms with Gasteiger partial charge in [0.05, 0.1) is 36.8 Å². The summed E-state index contributed by atoms with van der Waals surface area (Å²) < 4.78 is 4.83. The summed E-state index contributed by atoms with van der Waals surface area (Å²) >= 11 is 0. The number of hydrogen-bond acceptors (Lipinski definition) is 8. The van der Waals surface area contributed by atoms with Gasteiger partial charge in [0.15, 0.2) is 5.69 Å². The van der Waals surface area contributed by atoms with Crippen LogP contribution in [0.5, 0.6) is 0 Å². The summed E-state index contributed by atoms with van der Waals surface area (Å²) in [6.45, 7) is 0.936. The van der Waals surface area contributed by atoms with Crippen molar-refractivity contribution in [3.63, 3.8) is 0 Å². The normalized spacial score (nSPS) is 16.8. The standard InChI is InChI=1S/C48H49N9O7/c1-49-44(58)40-38(52-43(53-40)37-17-11-27-57(37)46(60)41(55(2)48(62)63)34-14-8-5-9-15-34)33-24-20-30(21-25-33)29-18-22-31(23-19-29)35-28-50-42(51-35)36-16-10-26-56(36)45(59)39(54-47(61)64-3)32-12-6-4-7-13-32/h4-9,12-15,18-25,28,36-37,39,41H,10-11,16-17,26-27H2,1-3H3,(H,49,58)(H,50,51)(H,52,53)(H,54,61)(H,62,63)/t36-,37-,39+,41+/m0/s1. The number of methoxy groups -OCH3 is 1. The Morgan fingerprint density at radius 1 is 0.734 bits per heavy atom. The third kappa shape index (κ3) is 8.66. The number of ether oxygens (including phenoxy) is 1. The quantitative estimate of drug-likeness (QED) is 0.0838. The van der Waals surface area contributed by atoms with Crippen LogP contribution < -0.4 is 10.6 Å². The fourth-order valence-electron chi connectivity index (χ4n) is 8.71. The summed E-state index contributed by atoms with van der Waals surface area (Å²) in [5.74, 6) is 0.125. The van der Waals surface area contributed by atoms with E-state index in [2.05, 4.69) is 20.6 Å². The molecule has 2 aliphatic rings. The molecule has 64 heavy (non-hydrogen) atoms. The van der Waals surface area contributed by atoms with Crippen molar-refractivity contribution in [2.45, 2.75) is 49.9 Å². The third-order valence-electron chi connectivity index (χ3n) is 12.0. The molecule has 16 heteroatoms. The molecule has 5 N–H and O–H groups in total. The summed E-state index contributed by atoms with van der Waals surface area (Å²) in [4.78, 5) is 86.3. The number of imidazole rings is 2. The first-order valence-corrected chi connectivity index (χ1v) is 21.2. The van der Waals surface area contributed by atoms with Crippen molar-refractivity contribution in [1.29, 1.82) is 0 Å². The van der Waals surface area contributed by atoms with Gasteiger partial charge in [-0.15, -0.1) is 0 Å². The molecule has 2 aromatic heterocycles. The SMILES string of the molecule is CNC(=O)c1nc([C@@H]2CCCN2C(=O)[C@@H](c2ccccc2)N(C)C(=O)O)[nH]c1-c1ccc(-c2ccc(-c3cnc([C@@H]4CCCN4C(=O)[C@H](NC(=O)OC)c4ccccc4)[nH]3)cc2)cc1. The van der Waals surface area contributed by atoms with Crippen molar-refractivity contribution in [2.24, 2.45) is 0 Å². The molecule has 4 atom stereocenters. The second-order valence-corrected chi connectivity index (χ2v) is 15.8. The first kappa shape index (κ1) is 42.9. The lowest BCUT2D eigenvalue weighted by atomic mass is 10.0. The van der Waals surface area contributed by atoms with Crippen LogP contribution in [0, 0.1) is 0 Å². The van der Waals surface area contributed by atoms with E-state index >= 15 is 0 Å². The molecule has 0 bridgehead atoms. The highest BCUT2D eigenvalue weighted by Crippen LogP contribution is 2.38. The second kappa shape index (κ2) is 18.7. The number of hydrogen-bond donors (Lipinski definition) is 5. The molecule has 16 nitrogen and oxygen atoms in total. The highest BCUT2D eigenvalue weighted by atomic mass is 16.5. The first-order valence-electron chi connectivity index (χ1n) is 21.2. The number of rotatable bonds is 12. The van der Waals surface area contributed by atoms with E-state index in [9.17, 15) is 29.1 Å². The molecule has 5 amide bonds. The number of carbonyl (C=O) groups excluding carboxylic acids is 4. The molecule has 328 valence electrons. The van der Waals surface area contributed by atoms with Gasteiger partial charge in [0.1, 0.15) is 23.7 Å². The maximum atomic E-state index is 14.2. The van der Waals surface area contributed by atoms with E-state index in [1.807, 2.05) is 72.8 Å². The Morgan fingerprint density at radius 3 is 1.86 bits per heavy atom. The number of aromatic amines is 2. The Morgan fingerprint density at radius 2 is 1.28 bits per heavy atom. The molecule has 4 heterocycles. The number of benzene rings is 4. The molecule has 0 spiro atoms. The molecule has 4 aromatic carbocycles. The van der Waals surface area contributed by atoms with Crippen LogP contribution in [0.15, 0.2) is 115 Å². The van der Waals surface area contributed by atoms with Crippen LogP contribution in [0.3, 0.4) is 0 Å². The lowest BCUT2D eigenvalue weighted by Gasteiger charge is -2.32. The molecular weight excluding hydrogens is 815 g/mol. The summed E-state index contributed by atoms with van der Waals surface area (Å²) in [7, 11) is 4.19. The van der Waals surface area contributed by atoms with Gasteiger partial charge in [-0.2, -0.15) is 0 Å². The van der Waals surface area contributed by atoms with Crippen molar-refractivity contribution < 1.29 is 33.8 Å². The molecule has 0 unspecified atom stereocenters. The van der Waals surface area contributed by atoms with Crippen LogP contribution >= 0.6 is 0 Å². The largest absolute Gasteiger partial charge is 0.465 e. The van der Waals surface area contributed by atoms with E-state index in [4.69, 9.17) is 14.7 Å². The number of aromatic nitrogens is 4. The zero-order valence-corrected chi connectivity index (χ0v) is 35.7. The highest BCUT2D eigenvalue weighted by Gasteiger charge is 2.40. The Labute approximate surface area is 369 Å². The summed E-state index contributed by atoms with van der Waals surface area (Å²) in [5, 5.41) is 15.3. The first-order chi connectivity index (χ1) is 31.1. The van der Waals surface area contributed by atoms with Crippen molar-refractivity contribution in [3.05, 3.63) is 144 Å². The molecule has 2 fully saturated rings. The zero-order valence-electron chi connectivity index (χ0n) is 35.7. The maximum Gasteiger partial charge on any atom is 0.407 e. The monoisotopic (exact) mass is 863 g/mol. The van der Waals surface area contributed by atoms with Crippen LogP contribution in [0.1, 0.15) is 83.1 Å². The van der Waals surface area contributed by atoms with Gasteiger partial charge in [0.2, 0.25) is 0 Å². The van der Waals surface area contributed by atoms with E-state index < -0.39 is 30.3 Å². The predicted molar refractivity (Wildman–Crippen MR) is 238 cm³/mol. The summed E-state index contributed by atoms with van der Waals surface area (Å²) in [6.07, 6.45) is 2.63. The second-order valence-electron chi connectivity index (χ2n) is 15.8. The Kier molecular flexibility index (Phi) is 12.5. The van der Waals surface area contributed by atoms with Crippen molar-refractivity contribution in [1.82, 2.24) is 45.3 Å². The highest BCUT2D eigenvalue weighted by molar-refractivity contribution is 5.98. The lowest BCUT2D eigenvalue weighted by Crippen LogP contribution is -2.43. The number of likely N-dealkylation sites (N-methyl/N-ethyl adjacent to an activating group) is 1. The van der Waals surface area contributed by atoms with Gasteiger partial charge in [0, 0.05) is 32.7 Å². The molecule has 2 saturated heterocycles. The van der Waals surface area contributed by atoms with Gasteiger partial charge in [-0.05, 0) is 53.5 Å². The minimum absolute atomic E-state index is 0.189. The zero-order chi connectivity index (χ0) is 44.9. The average Bonchev–Trinajstić information content (AvgIpc) is 4.18. The van der Waals surface area contributed by atoms with E-state index in [0.29, 0.717) is 54.4 Å². The summed E-state index contributed by atoms with van der Waals surface area (Å²) in [6, 6.07) is 31.0. The van der Waals surface area contributed by atoms with E-state index in [1.54, 1.807) is 52.4 Å². The number of amides is 5. The Balaban J connectivity index is 0.985. The molecule has 0 saturated carbocycles. The smallest absolute Gasteiger partial charge is 0.407 e. The maximum absolute atomic E-state index is 14.2. The van der Waals surface area contributed by atoms with Crippen LogP contribution in [-0.2, 0) is 14.3 Å². The fraction of sp³-hybridized carbons (Fsp3) is 0.271. The molecule has 0 aliphatic carbocycles. The topological polar surface area (TPSA) is 206 Å². The van der Waals surface area contributed by atoms with E-state index in [-0.39, 0.29) is 29.5 Å². The number of carbonyl (C=O) groups is 5. The fourth-order valence-corrected chi connectivity index (χ4v) is 8.71. The van der Waals surface area contributed by atoms with Crippen LogP contribution in [0.2, 0.25) is 0 Å². The number of H-pyrrole nitrogens is 2. The predicted octanol–water partition coefficient (Wildman–Crippen LogP) is 7.27. The number of likely N-dealkylation sites (tertiary alicyclic amines) is 2. The van der Waals surface area contributed by atoms with Crippen molar-refractivity contribution in [3.8, 4) is 33.6 Å². The van der Waals surface area contributed by atoms with Gasteiger partial charge >= 0.3 is 12.2 Å². The Bertz CT molecular complexity index is 2630. The van der Waals surface area contributed by atoms with Gasteiger partial charge in [-0.25, -0.2) is 19.6 Å². The van der Waals surface area contributed by atoms with Crippen molar-refractivity contribution >= 4 is 29.9 Å². The van der Waals surface area contributed by atoms with Gasteiger partial charge in [-0.1, -0.05) is 109 Å². The molecule has 2 aliphatic heterocycles. The molecular formula is C48H49N9O7. The van der Waals surface area contributed by atoms with E-state index in [1.165, 1.54) is 21.2 Å². The Hall–Kier alpha value is -7.75. The third-order valence-corrected chi connectivity index (χ3v) is 12.0. The van der Waals surface area contributed by atoms with Crippen LogP contribution in [0.25, 0.3) is 33.6 Å². The van der Waals surface area contributed by atoms with Gasteiger partial charge in [-0.3, -0.25) is 19.3 Å². The van der Waals surface area contributed by atoms with E-state index in [0.717, 1.165) is 45.7 Å². The molecule has 8 rings (SSSR count). The summed E-state index contributed by atoms with van der Waals surface area (Å²) in [5.41, 5.74) is 6.25.